The Kier molecular flexibility index (Phi) is 4.63. The summed E-state index contributed by atoms with van der Waals surface area (Å²) in [5.41, 5.74) is 0.0346. The van der Waals surface area contributed by atoms with E-state index in [9.17, 15) is 9.90 Å². The summed E-state index contributed by atoms with van der Waals surface area (Å²) in [6, 6.07) is 3.69. The molecule has 0 radical (unpaired) electrons. The molecule has 0 saturated carbocycles. The van der Waals surface area contributed by atoms with E-state index in [2.05, 4.69) is 4.98 Å². The zero-order chi connectivity index (χ0) is 12.9. The summed E-state index contributed by atoms with van der Waals surface area (Å²) in [4.78, 5) is 17.6. The molecule has 0 fully saturated rings. The Labute approximate surface area is 102 Å². The van der Waals surface area contributed by atoms with Crippen LogP contribution in [0, 0.1) is 0 Å². The van der Waals surface area contributed by atoms with Gasteiger partial charge in [-0.25, -0.2) is 0 Å². The molecule has 0 bridgehead atoms. The van der Waals surface area contributed by atoms with Crippen LogP contribution < -0.4 is 0 Å². The number of hydrogen-bond acceptors (Lipinski definition) is 3. The van der Waals surface area contributed by atoms with Crippen molar-refractivity contribution >= 4 is 5.91 Å². The molecule has 0 atom stereocenters. The van der Waals surface area contributed by atoms with Gasteiger partial charge in [0.05, 0.1) is 12.0 Å². The third-order valence-corrected chi connectivity index (χ3v) is 2.39. The first kappa shape index (κ1) is 13.6. The van der Waals surface area contributed by atoms with Crippen molar-refractivity contribution in [2.45, 2.75) is 32.8 Å². The summed E-state index contributed by atoms with van der Waals surface area (Å²) in [7, 11) is 0. The van der Waals surface area contributed by atoms with Crippen LogP contribution in [-0.2, 0) is 11.2 Å². The van der Waals surface area contributed by atoms with Crippen molar-refractivity contribution in [3.63, 3.8) is 0 Å². The fraction of sp³-hybridized carbons (Fsp3) is 0.538. The standard InChI is InChI=1S/C13H20N2O2/c1-4-15(10-13(2,3)17)12(16)8-11-6-5-7-14-9-11/h5-7,9,17H,4,8,10H2,1-3H3. The first-order valence-corrected chi connectivity index (χ1v) is 5.81. The highest BCUT2D eigenvalue weighted by Gasteiger charge is 2.21. The zero-order valence-corrected chi connectivity index (χ0v) is 10.7. The Morgan fingerprint density at radius 3 is 2.71 bits per heavy atom. The second-order valence-electron chi connectivity index (χ2n) is 4.76. The Hall–Kier alpha value is -1.42. The highest BCUT2D eigenvalue weighted by Crippen LogP contribution is 2.07. The molecule has 94 valence electrons. The molecule has 17 heavy (non-hydrogen) atoms. The second-order valence-corrected chi connectivity index (χ2v) is 4.76. The Morgan fingerprint density at radius 2 is 2.24 bits per heavy atom. The minimum absolute atomic E-state index is 0.0163. The van der Waals surface area contributed by atoms with Gasteiger partial charge in [-0.05, 0) is 32.4 Å². The molecule has 0 saturated heterocycles. The van der Waals surface area contributed by atoms with E-state index in [1.807, 2.05) is 19.1 Å². The summed E-state index contributed by atoms with van der Waals surface area (Å²) >= 11 is 0. The lowest BCUT2D eigenvalue weighted by Gasteiger charge is -2.28. The average Bonchev–Trinajstić information content (AvgIpc) is 2.26. The number of rotatable bonds is 5. The van der Waals surface area contributed by atoms with Gasteiger partial charge in [0.1, 0.15) is 0 Å². The van der Waals surface area contributed by atoms with E-state index in [1.165, 1.54) is 0 Å². The summed E-state index contributed by atoms with van der Waals surface area (Å²) in [5.74, 6) is 0.0163. The lowest BCUT2D eigenvalue weighted by atomic mass is 10.1. The molecule has 1 N–H and O–H groups in total. The summed E-state index contributed by atoms with van der Waals surface area (Å²) in [6.45, 7) is 6.26. The van der Waals surface area contributed by atoms with Gasteiger partial charge in [0, 0.05) is 25.5 Å². The molecule has 4 heteroatoms. The number of pyridine rings is 1. The van der Waals surface area contributed by atoms with E-state index in [1.54, 1.807) is 31.1 Å². The molecule has 0 spiro atoms. The van der Waals surface area contributed by atoms with Crippen LogP contribution in [0.25, 0.3) is 0 Å². The number of aliphatic hydroxyl groups is 1. The van der Waals surface area contributed by atoms with Crippen LogP contribution >= 0.6 is 0 Å². The Bertz CT molecular complexity index is 357. The van der Waals surface area contributed by atoms with E-state index in [0.717, 1.165) is 5.56 Å². The maximum absolute atomic E-state index is 12.0. The SMILES string of the molecule is CCN(CC(C)(C)O)C(=O)Cc1cccnc1. The minimum Gasteiger partial charge on any atom is -0.389 e. The maximum atomic E-state index is 12.0. The smallest absolute Gasteiger partial charge is 0.227 e. The number of carbonyl (C=O) groups is 1. The highest BCUT2D eigenvalue weighted by atomic mass is 16.3. The van der Waals surface area contributed by atoms with Crippen molar-refractivity contribution in [2.75, 3.05) is 13.1 Å². The Balaban J connectivity index is 2.62. The molecular weight excluding hydrogens is 216 g/mol. The van der Waals surface area contributed by atoms with Crippen molar-refractivity contribution in [1.29, 1.82) is 0 Å². The molecule has 0 aliphatic carbocycles. The van der Waals surface area contributed by atoms with Crippen LogP contribution in [0.3, 0.4) is 0 Å². The van der Waals surface area contributed by atoms with Gasteiger partial charge in [-0.15, -0.1) is 0 Å². The largest absolute Gasteiger partial charge is 0.389 e. The molecule has 1 heterocycles. The summed E-state index contributed by atoms with van der Waals surface area (Å²) in [5, 5.41) is 9.73. The first-order chi connectivity index (χ1) is 7.92. The predicted molar refractivity (Wildman–Crippen MR) is 66.5 cm³/mol. The fourth-order valence-electron chi connectivity index (χ4n) is 1.63. The second kappa shape index (κ2) is 5.77. The molecule has 1 aromatic rings. The quantitative estimate of drug-likeness (QED) is 0.837. The zero-order valence-electron chi connectivity index (χ0n) is 10.7. The summed E-state index contributed by atoms with van der Waals surface area (Å²) in [6.07, 6.45) is 3.70. The molecule has 1 amide bonds. The number of likely N-dealkylation sites (N-methyl/N-ethyl adjacent to an activating group) is 1. The number of amides is 1. The van der Waals surface area contributed by atoms with E-state index in [-0.39, 0.29) is 5.91 Å². The molecule has 0 aliphatic rings. The van der Waals surface area contributed by atoms with Gasteiger partial charge in [0.2, 0.25) is 5.91 Å². The number of aromatic nitrogens is 1. The lowest BCUT2D eigenvalue weighted by molar-refractivity contribution is -0.133. The molecule has 0 unspecified atom stereocenters. The normalized spacial score (nSPS) is 11.3. The van der Waals surface area contributed by atoms with Gasteiger partial charge < -0.3 is 10.0 Å². The third kappa shape index (κ3) is 4.95. The lowest BCUT2D eigenvalue weighted by Crippen LogP contribution is -2.42. The van der Waals surface area contributed by atoms with E-state index < -0.39 is 5.60 Å². The van der Waals surface area contributed by atoms with Gasteiger partial charge in [-0.1, -0.05) is 6.07 Å². The fourth-order valence-corrected chi connectivity index (χ4v) is 1.63. The van der Waals surface area contributed by atoms with Crippen molar-refractivity contribution < 1.29 is 9.90 Å². The van der Waals surface area contributed by atoms with Gasteiger partial charge in [-0.2, -0.15) is 0 Å². The maximum Gasteiger partial charge on any atom is 0.227 e. The minimum atomic E-state index is -0.861. The topological polar surface area (TPSA) is 53.4 Å². The van der Waals surface area contributed by atoms with Crippen molar-refractivity contribution in [3.05, 3.63) is 30.1 Å². The molecule has 1 aromatic heterocycles. The predicted octanol–water partition coefficient (Wildman–Crippen LogP) is 1.24. The van der Waals surface area contributed by atoms with E-state index >= 15 is 0 Å². The van der Waals surface area contributed by atoms with E-state index in [0.29, 0.717) is 19.5 Å². The van der Waals surface area contributed by atoms with Crippen molar-refractivity contribution in [2.24, 2.45) is 0 Å². The number of nitrogens with zero attached hydrogens (tertiary/aromatic N) is 2. The van der Waals surface area contributed by atoms with Crippen LogP contribution in [0.2, 0.25) is 0 Å². The molecule has 0 aliphatic heterocycles. The molecular formula is C13H20N2O2. The van der Waals surface area contributed by atoms with Crippen LogP contribution in [0.15, 0.2) is 24.5 Å². The highest BCUT2D eigenvalue weighted by molar-refractivity contribution is 5.78. The van der Waals surface area contributed by atoms with Gasteiger partial charge in [0.25, 0.3) is 0 Å². The van der Waals surface area contributed by atoms with Gasteiger partial charge >= 0.3 is 0 Å². The van der Waals surface area contributed by atoms with Crippen molar-refractivity contribution in [1.82, 2.24) is 9.88 Å². The number of carbonyl (C=O) groups excluding carboxylic acids is 1. The molecule has 4 nitrogen and oxygen atoms in total. The van der Waals surface area contributed by atoms with Crippen LogP contribution in [0.1, 0.15) is 26.3 Å². The average molecular weight is 236 g/mol. The molecule has 0 aromatic carbocycles. The summed E-state index contributed by atoms with van der Waals surface area (Å²) < 4.78 is 0. The van der Waals surface area contributed by atoms with E-state index in [4.69, 9.17) is 0 Å². The first-order valence-electron chi connectivity index (χ1n) is 5.81. The van der Waals surface area contributed by atoms with Crippen LogP contribution in [0.4, 0.5) is 0 Å². The van der Waals surface area contributed by atoms with Crippen molar-refractivity contribution in [3.8, 4) is 0 Å². The monoisotopic (exact) mass is 236 g/mol. The van der Waals surface area contributed by atoms with Gasteiger partial charge in [0.15, 0.2) is 0 Å². The Morgan fingerprint density at radius 1 is 1.53 bits per heavy atom. The van der Waals surface area contributed by atoms with Gasteiger partial charge in [-0.3, -0.25) is 9.78 Å². The molecule has 1 rings (SSSR count). The van der Waals surface area contributed by atoms with Crippen LogP contribution in [0.5, 0.6) is 0 Å². The third-order valence-electron chi connectivity index (χ3n) is 2.39. The van der Waals surface area contributed by atoms with Crippen LogP contribution in [-0.4, -0.2) is 39.6 Å². The number of hydrogen-bond donors (Lipinski definition) is 1.